The van der Waals surface area contributed by atoms with Crippen molar-refractivity contribution in [2.75, 3.05) is 17.3 Å². The molecule has 0 spiro atoms. The Kier molecular flexibility index (Phi) is 4.07. The molecular weight excluding hydrogens is 312 g/mol. The molecule has 0 aliphatic rings. The van der Waals surface area contributed by atoms with Crippen molar-refractivity contribution in [3.05, 3.63) is 42.2 Å². The maximum atomic E-state index is 9.26. The number of nitrogens with two attached hydrogens (primary N) is 1. The number of anilines is 3. The van der Waals surface area contributed by atoms with E-state index in [1.807, 2.05) is 36.6 Å². The Balaban J connectivity index is 1.98. The first-order chi connectivity index (χ1) is 11.2. The first kappa shape index (κ1) is 14.8. The summed E-state index contributed by atoms with van der Waals surface area (Å²) in [6.45, 7) is 0. The van der Waals surface area contributed by atoms with E-state index in [9.17, 15) is 5.26 Å². The molecule has 0 amide bonds. The van der Waals surface area contributed by atoms with Crippen LogP contribution in [-0.4, -0.2) is 31.2 Å². The number of benzene rings is 1. The summed E-state index contributed by atoms with van der Waals surface area (Å²) in [5.74, 6) is 0.522. The Morgan fingerprint density at radius 1 is 1.26 bits per heavy atom. The van der Waals surface area contributed by atoms with Gasteiger partial charge in [0.2, 0.25) is 0 Å². The van der Waals surface area contributed by atoms with E-state index in [1.54, 1.807) is 12.4 Å². The molecule has 0 aliphatic carbocycles. The predicted molar refractivity (Wildman–Crippen MR) is 87.6 cm³/mol. The molecule has 0 saturated carbocycles. The van der Waals surface area contributed by atoms with Crippen LogP contribution in [0.1, 0.15) is 5.56 Å². The molecule has 2 heterocycles. The van der Waals surface area contributed by atoms with Gasteiger partial charge in [-0.2, -0.15) is 20.3 Å². The number of thioether (sulfide) groups is 1. The fraction of sp³-hybridized carbons (Fsp3) is 0.0714. The molecule has 2 aromatic heterocycles. The van der Waals surface area contributed by atoms with Gasteiger partial charge in [0.1, 0.15) is 17.5 Å². The fourth-order valence-corrected chi connectivity index (χ4v) is 2.31. The van der Waals surface area contributed by atoms with Crippen LogP contribution in [0.5, 0.6) is 0 Å². The van der Waals surface area contributed by atoms with Gasteiger partial charge >= 0.3 is 0 Å². The largest absolute Gasteiger partial charge is 0.382 e. The number of aromatic nitrogens is 5. The monoisotopic (exact) mass is 324 g/mol. The lowest BCUT2D eigenvalue weighted by molar-refractivity contribution is 0.752. The van der Waals surface area contributed by atoms with Crippen LogP contribution in [0.4, 0.5) is 17.3 Å². The van der Waals surface area contributed by atoms with Gasteiger partial charge in [0.05, 0.1) is 18.1 Å². The third-order valence-electron chi connectivity index (χ3n) is 2.97. The zero-order valence-electron chi connectivity index (χ0n) is 12.1. The summed E-state index contributed by atoms with van der Waals surface area (Å²) >= 11 is 1.35. The van der Waals surface area contributed by atoms with Gasteiger partial charge in [0.25, 0.3) is 0 Å². The highest BCUT2D eigenvalue weighted by Crippen LogP contribution is 2.25. The van der Waals surface area contributed by atoms with Crippen LogP contribution in [0, 0.1) is 11.3 Å². The minimum Gasteiger partial charge on any atom is -0.382 e. The molecule has 0 saturated heterocycles. The van der Waals surface area contributed by atoms with Crippen LogP contribution in [0.25, 0.3) is 5.69 Å². The number of rotatable bonds is 4. The highest BCUT2D eigenvalue weighted by molar-refractivity contribution is 7.98. The molecule has 9 heteroatoms. The lowest BCUT2D eigenvalue weighted by Gasteiger charge is -2.10. The Morgan fingerprint density at radius 2 is 2.04 bits per heavy atom. The van der Waals surface area contributed by atoms with Gasteiger partial charge in [-0.1, -0.05) is 17.8 Å². The SMILES string of the molecule is CSc1nc(N)c(C#N)c(Nc2cccc(-n3nccn3)c2)n1. The number of nitrogens with one attached hydrogen (secondary N) is 1. The van der Waals surface area contributed by atoms with Crippen LogP contribution < -0.4 is 11.1 Å². The third kappa shape index (κ3) is 3.07. The van der Waals surface area contributed by atoms with E-state index in [0.29, 0.717) is 11.0 Å². The molecule has 0 unspecified atom stereocenters. The fourth-order valence-electron chi connectivity index (χ4n) is 1.94. The topological polar surface area (TPSA) is 118 Å². The van der Waals surface area contributed by atoms with Gasteiger partial charge in [-0.15, -0.1) is 0 Å². The van der Waals surface area contributed by atoms with Gasteiger partial charge in [-0.05, 0) is 24.5 Å². The van der Waals surface area contributed by atoms with Crippen molar-refractivity contribution in [3.63, 3.8) is 0 Å². The zero-order chi connectivity index (χ0) is 16.2. The van der Waals surface area contributed by atoms with Crippen molar-refractivity contribution in [3.8, 4) is 11.8 Å². The molecule has 3 rings (SSSR count). The van der Waals surface area contributed by atoms with Gasteiger partial charge in [-0.3, -0.25) is 0 Å². The van der Waals surface area contributed by atoms with E-state index in [0.717, 1.165) is 11.4 Å². The molecule has 0 atom stereocenters. The smallest absolute Gasteiger partial charge is 0.191 e. The minimum atomic E-state index is 0.152. The predicted octanol–water partition coefficient (Wildman–Crippen LogP) is 1.98. The molecule has 0 fully saturated rings. The molecular formula is C14H12N8S. The summed E-state index contributed by atoms with van der Waals surface area (Å²) in [5, 5.41) is 21.0. The van der Waals surface area contributed by atoms with Crippen molar-refractivity contribution in [1.82, 2.24) is 25.0 Å². The Hall–Kier alpha value is -3.12. The van der Waals surface area contributed by atoms with Gasteiger partial charge < -0.3 is 11.1 Å². The lowest BCUT2D eigenvalue weighted by Crippen LogP contribution is -2.05. The summed E-state index contributed by atoms with van der Waals surface area (Å²) < 4.78 is 0. The normalized spacial score (nSPS) is 10.3. The van der Waals surface area contributed by atoms with E-state index >= 15 is 0 Å². The van der Waals surface area contributed by atoms with Crippen LogP contribution >= 0.6 is 11.8 Å². The molecule has 23 heavy (non-hydrogen) atoms. The summed E-state index contributed by atoms with van der Waals surface area (Å²) in [6, 6.07) is 9.45. The van der Waals surface area contributed by atoms with Crippen molar-refractivity contribution in [2.45, 2.75) is 5.16 Å². The van der Waals surface area contributed by atoms with E-state index < -0.39 is 0 Å². The van der Waals surface area contributed by atoms with E-state index in [2.05, 4.69) is 25.5 Å². The highest BCUT2D eigenvalue weighted by Gasteiger charge is 2.12. The molecule has 8 nitrogen and oxygen atoms in total. The third-order valence-corrected chi connectivity index (χ3v) is 3.52. The second kappa shape index (κ2) is 6.33. The first-order valence-electron chi connectivity index (χ1n) is 6.56. The second-order valence-electron chi connectivity index (χ2n) is 4.42. The number of hydrogen-bond acceptors (Lipinski definition) is 8. The van der Waals surface area contributed by atoms with Crippen molar-refractivity contribution < 1.29 is 0 Å². The van der Waals surface area contributed by atoms with E-state index in [1.165, 1.54) is 16.6 Å². The standard InChI is InChI=1S/C14H12N8S/c1-23-14-20-12(16)11(8-15)13(21-14)19-9-3-2-4-10(7-9)22-17-5-6-18-22/h2-7H,1H3,(H3,16,19,20,21). The van der Waals surface area contributed by atoms with Crippen molar-refractivity contribution in [2.24, 2.45) is 0 Å². The highest BCUT2D eigenvalue weighted by atomic mass is 32.2. The van der Waals surface area contributed by atoms with Crippen molar-refractivity contribution >= 4 is 29.1 Å². The Morgan fingerprint density at radius 3 is 2.74 bits per heavy atom. The van der Waals surface area contributed by atoms with Crippen LogP contribution in [-0.2, 0) is 0 Å². The molecule has 3 N–H and O–H groups in total. The average Bonchev–Trinajstić information content (AvgIpc) is 3.09. The van der Waals surface area contributed by atoms with Crippen LogP contribution in [0.3, 0.4) is 0 Å². The molecule has 3 aromatic rings. The average molecular weight is 324 g/mol. The van der Waals surface area contributed by atoms with Crippen LogP contribution in [0.2, 0.25) is 0 Å². The lowest BCUT2D eigenvalue weighted by atomic mass is 10.2. The number of nitrogen functional groups attached to an aromatic ring is 1. The zero-order valence-corrected chi connectivity index (χ0v) is 12.9. The molecule has 0 aliphatic heterocycles. The maximum absolute atomic E-state index is 9.26. The van der Waals surface area contributed by atoms with E-state index in [-0.39, 0.29) is 11.4 Å². The summed E-state index contributed by atoms with van der Waals surface area (Å²) in [5.41, 5.74) is 7.55. The molecule has 114 valence electrons. The molecule has 0 bridgehead atoms. The number of nitrogens with zero attached hydrogens (tertiary/aromatic N) is 6. The minimum absolute atomic E-state index is 0.152. The number of hydrogen-bond donors (Lipinski definition) is 2. The number of nitriles is 1. The van der Waals surface area contributed by atoms with Gasteiger partial charge in [0, 0.05) is 5.69 Å². The first-order valence-corrected chi connectivity index (χ1v) is 7.79. The molecule has 1 aromatic carbocycles. The summed E-state index contributed by atoms with van der Waals surface area (Å²) in [6.07, 6.45) is 5.04. The van der Waals surface area contributed by atoms with E-state index in [4.69, 9.17) is 5.73 Å². The second-order valence-corrected chi connectivity index (χ2v) is 5.20. The van der Waals surface area contributed by atoms with Gasteiger partial charge in [0.15, 0.2) is 11.0 Å². The molecule has 0 radical (unpaired) electrons. The Labute approximate surface area is 136 Å². The van der Waals surface area contributed by atoms with Gasteiger partial charge in [-0.25, -0.2) is 9.97 Å². The summed E-state index contributed by atoms with van der Waals surface area (Å²) in [7, 11) is 0. The summed E-state index contributed by atoms with van der Waals surface area (Å²) in [4.78, 5) is 9.87. The van der Waals surface area contributed by atoms with Crippen LogP contribution in [0.15, 0.2) is 41.8 Å². The van der Waals surface area contributed by atoms with Crippen molar-refractivity contribution in [1.29, 1.82) is 5.26 Å². The Bertz CT molecular complexity index is 869. The maximum Gasteiger partial charge on any atom is 0.191 e. The quantitative estimate of drug-likeness (QED) is 0.552.